The van der Waals surface area contributed by atoms with E-state index in [4.69, 9.17) is 0 Å². The first-order chi connectivity index (χ1) is 14.5. The van der Waals surface area contributed by atoms with Crippen LogP contribution in [0.5, 0.6) is 5.75 Å². The summed E-state index contributed by atoms with van der Waals surface area (Å²) in [6, 6.07) is 22.2. The van der Waals surface area contributed by atoms with Crippen molar-refractivity contribution in [3.8, 4) is 28.5 Å². The van der Waals surface area contributed by atoms with E-state index in [0.29, 0.717) is 28.7 Å². The van der Waals surface area contributed by atoms with Crippen molar-refractivity contribution in [2.45, 2.75) is 6.36 Å². The Hall–Kier alpha value is -3.94. The molecule has 30 heavy (non-hydrogen) atoms. The second-order valence-electron chi connectivity index (χ2n) is 6.24. The normalized spacial score (nSPS) is 11.2. The van der Waals surface area contributed by atoms with E-state index < -0.39 is 6.36 Å². The van der Waals surface area contributed by atoms with Crippen molar-refractivity contribution >= 4 is 11.5 Å². The summed E-state index contributed by atoms with van der Waals surface area (Å²) in [5.41, 5.74) is 2.74. The second kappa shape index (κ2) is 8.20. The van der Waals surface area contributed by atoms with Gasteiger partial charge in [-0.25, -0.2) is 9.97 Å². The third-order valence-electron chi connectivity index (χ3n) is 4.05. The predicted octanol–water partition coefficient (Wildman–Crippen LogP) is 5.85. The average Bonchev–Trinajstić information content (AvgIpc) is 2.75. The van der Waals surface area contributed by atoms with Gasteiger partial charge in [0.25, 0.3) is 0 Å². The van der Waals surface area contributed by atoms with Gasteiger partial charge in [-0.3, -0.25) is 4.98 Å². The van der Waals surface area contributed by atoms with Crippen LogP contribution in [0.25, 0.3) is 22.8 Å². The van der Waals surface area contributed by atoms with Gasteiger partial charge in [-0.15, -0.1) is 13.2 Å². The van der Waals surface area contributed by atoms with Gasteiger partial charge in [0.1, 0.15) is 17.3 Å². The van der Waals surface area contributed by atoms with Crippen LogP contribution in [0.1, 0.15) is 0 Å². The van der Waals surface area contributed by atoms with E-state index in [1.54, 1.807) is 24.4 Å². The Bertz CT molecular complexity index is 1060. The molecule has 0 unspecified atom stereocenters. The zero-order valence-electron chi connectivity index (χ0n) is 15.5. The maximum absolute atomic E-state index is 12.3. The molecule has 1 N–H and O–H groups in total. The van der Waals surface area contributed by atoms with Crippen molar-refractivity contribution < 1.29 is 17.9 Å². The minimum atomic E-state index is -4.73. The van der Waals surface area contributed by atoms with Crippen molar-refractivity contribution in [1.29, 1.82) is 0 Å². The Morgan fingerprint density at radius 2 is 1.50 bits per heavy atom. The number of hydrogen-bond acceptors (Lipinski definition) is 5. The van der Waals surface area contributed by atoms with Crippen LogP contribution in [0.3, 0.4) is 0 Å². The van der Waals surface area contributed by atoms with Crippen molar-refractivity contribution in [3.05, 3.63) is 85.1 Å². The van der Waals surface area contributed by atoms with E-state index in [1.807, 2.05) is 36.4 Å². The number of aromatic nitrogens is 3. The SMILES string of the molecule is FC(F)(F)Oc1ccc(Nc2cc(-c3ccccc3)nc(-c3ccccn3)n2)cc1. The Kier molecular flexibility index (Phi) is 5.30. The summed E-state index contributed by atoms with van der Waals surface area (Å²) in [5, 5.41) is 3.10. The number of alkyl halides is 3. The molecular weight excluding hydrogens is 393 g/mol. The predicted molar refractivity (Wildman–Crippen MR) is 107 cm³/mol. The minimum Gasteiger partial charge on any atom is -0.406 e. The molecule has 2 aromatic carbocycles. The van der Waals surface area contributed by atoms with E-state index in [0.717, 1.165) is 5.56 Å². The first-order valence-electron chi connectivity index (χ1n) is 8.95. The molecule has 4 rings (SSSR count). The van der Waals surface area contributed by atoms with Crippen LogP contribution in [0, 0.1) is 0 Å². The standard InChI is InChI=1S/C22H15F3N4O/c23-22(24,25)30-17-11-9-16(10-12-17)27-20-14-19(15-6-2-1-3-7-15)28-21(29-20)18-8-4-5-13-26-18/h1-14H,(H,27,28,29). The summed E-state index contributed by atoms with van der Waals surface area (Å²) in [5.74, 6) is 0.611. The molecule has 0 aliphatic heterocycles. The highest BCUT2D eigenvalue weighted by Gasteiger charge is 2.30. The van der Waals surface area contributed by atoms with E-state index in [9.17, 15) is 13.2 Å². The van der Waals surface area contributed by atoms with Gasteiger partial charge in [0.05, 0.1) is 5.69 Å². The van der Waals surface area contributed by atoms with Crippen LogP contribution < -0.4 is 10.1 Å². The van der Waals surface area contributed by atoms with Gasteiger partial charge in [0.2, 0.25) is 0 Å². The second-order valence-corrected chi connectivity index (χ2v) is 6.24. The number of pyridine rings is 1. The molecule has 4 aromatic rings. The van der Waals surface area contributed by atoms with Crippen LogP contribution in [0.15, 0.2) is 85.1 Å². The zero-order chi connectivity index (χ0) is 21.0. The van der Waals surface area contributed by atoms with Crippen LogP contribution in [-0.4, -0.2) is 21.3 Å². The number of benzene rings is 2. The Morgan fingerprint density at radius 3 is 2.17 bits per heavy atom. The molecule has 5 nitrogen and oxygen atoms in total. The number of ether oxygens (including phenoxy) is 1. The highest BCUT2D eigenvalue weighted by molar-refractivity contribution is 5.69. The summed E-state index contributed by atoms with van der Waals surface area (Å²) in [6.45, 7) is 0. The van der Waals surface area contributed by atoms with Crippen molar-refractivity contribution in [2.75, 3.05) is 5.32 Å². The van der Waals surface area contributed by atoms with Gasteiger partial charge >= 0.3 is 6.36 Å². The van der Waals surface area contributed by atoms with Crippen molar-refractivity contribution in [1.82, 2.24) is 15.0 Å². The molecule has 0 atom stereocenters. The molecule has 2 aromatic heterocycles. The summed E-state index contributed by atoms with van der Waals surface area (Å²) in [7, 11) is 0. The maximum Gasteiger partial charge on any atom is 0.573 e. The number of nitrogens with one attached hydrogen (secondary N) is 1. The fraction of sp³-hybridized carbons (Fsp3) is 0.0455. The van der Waals surface area contributed by atoms with Crippen LogP contribution in [0.4, 0.5) is 24.7 Å². The third kappa shape index (κ3) is 4.91. The molecule has 2 heterocycles. The molecule has 0 radical (unpaired) electrons. The van der Waals surface area contributed by atoms with Crippen molar-refractivity contribution in [2.24, 2.45) is 0 Å². The molecule has 8 heteroatoms. The highest BCUT2D eigenvalue weighted by atomic mass is 19.4. The Labute approximate surface area is 170 Å². The number of nitrogens with zero attached hydrogens (tertiary/aromatic N) is 3. The van der Waals surface area contributed by atoms with Crippen LogP contribution in [0.2, 0.25) is 0 Å². The summed E-state index contributed by atoms with van der Waals surface area (Å²) in [6.07, 6.45) is -3.08. The quantitative estimate of drug-likeness (QED) is 0.449. The van der Waals surface area contributed by atoms with E-state index in [1.165, 1.54) is 24.3 Å². The largest absolute Gasteiger partial charge is 0.573 e. The van der Waals surface area contributed by atoms with Crippen LogP contribution >= 0.6 is 0 Å². The monoisotopic (exact) mass is 408 g/mol. The van der Waals surface area contributed by atoms with Gasteiger partial charge in [0, 0.05) is 23.5 Å². The highest BCUT2D eigenvalue weighted by Crippen LogP contribution is 2.27. The number of anilines is 2. The van der Waals surface area contributed by atoms with E-state index in [-0.39, 0.29) is 5.75 Å². The fourth-order valence-corrected chi connectivity index (χ4v) is 2.77. The molecule has 0 spiro atoms. The smallest absolute Gasteiger partial charge is 0.406 e. The molecule has 0 fully saturated rings. The van der Waals surface area contributed by atoms with Gasteiger partial charge in [0.15, 0.2) is 5.82 Å². The molecule has 0 bridgehead atoms. The average molecular weight is 408 g/mol. The zero-order valence-corrected chi connectivity index (χ0v) is 15.5. The first kappa shape index (κ1) is 19.4. The summed E-state index contributed by atoms with van der Waals surface area (Å²) in [4.78, 5) is 13.4. The molecular formula is C22H15F3N4O. The molecule has 0 aliphatic carbocycles. The van der Waals surface area contributed by atoms with Gasteiger partial charge in [-0.1, -0.05) is 36.4 Å². The van der Waals surface area contributed by atoms with E-state index >= 15 is 0 Å². The van der Waals surface area contributed by atoms with Crippen molar-refractivity contribution in [3.63, 3.8) is 0 Å². The lowest BCUT2D eigenvalue weighted by molar-refractivity contribution is -0.274. The number of hydrogen-bond donors (Lipinski definition) is 1. The molecule has 0 aliphatic rings. The molecule has 0 saturated carbocycles. The maximum atomic E-state index is 12.3. The molecule has 150 valence electrons. The third-order valence-corrected chi connectivity index (χ3v) is 4.05. The number of rotatable bonds is 5. The molecule has 0 amide bonds. The lowest BCUT2D eigenvalue weighted by Crippen LogP contribution is -2.16. The molecule has 0 saturated heterocycles. The van der Waals surface area contributed by atoms with Crippen LogP contribution in [-0.2, 0) is 0 Å². The Balaban J connectivity index is 1.67. The summed E-state index contributed by atoms with van der Waals surface area (Å²) >= 11 is 0. The lowest BCUT2D eigenvalue weighted by Gasteiger charge is -2.12. The fourth-order valence-electron chi connectivity index (χ4n) is 2.77. The van der Waals surface area contributed by atoms with Gasteiger partial charge in [-0.2, -0.15) is 0 Å². The van der Waals surface area contributed by atoms with E-state index in [2.05, 4.69) is 25.0 Å². The minimum absolute atomic E-state index is 0.296. The van der Waals surface area contributed by atoms with Gasteiger partial charge in [-0.05, 0) is 36.4 Å². The topological polar surface area (TPSA) is 59.9 Å². The Morgan fingerprint density at radius 1 is 0.767 bits per heavy atom. The first-order valence-corrected chi connectivity index (χ1v) is 8.95. The number of halogens is 3. The summed E-state index contributed by atoms with van der Waals surface area (Å²) < 4.78 is 40.9. The van der Waals surface area contributed by atoms with Gasteiger partial charge < -0.3 is 10.1 Å². The lowest BCUT2D eigenvalue weighted by atomic mass is 10.1.